The number of methoxy groups -OCH3 is 1. The lowest BCUT2D eigenvalue weighted by molar-refractivity contribution is -0.0317. The summed E-state index contributed by atoms with van der Waals surface area (Å²) in [6.07, 6.45) is 0. The van der Waals surface area contributed by atoms with E-state index in [9.17, 15) is 13.2 Å². The third-order valence-corrected chi connectivity index (χ3v) is 2.36. The Labute approximate surface area is 89.9 Å². The molecule has 0 spiro atoms. The van der Waals surface area contributed by atoms with Crippen LogP contribution in [0.25, 0.3) is 4.91 Å². The van der Waals surface area contributed by atoms with Gasteiger partial charge in [-0.1, -0.05) is 18.7 Å². The van der Waals surface area contributed by atoms with Gasteiger partial charge in [-0.2, -0.15) is 13.2 Å². The quantitative estimate of drug-likeness (QED) is 0.784. The maximum absolute atomic E-state index is 12.0. The molecule has 0 atom stereocenters. The van der Waals surface area contributed by atoms with Crippen molar-refractivity contribution in [1.82, 2.24) is 0 Å². The van der Waals surface area contributed by atoms with Crippen LogP contribution in [-0.2, 0) is 0 Å². The zero-order valence-electron chi connectivity index (χ0n) is 7.97. The normalized spacial score (nSPS) is 11.2. The van der Waals surface area contributed by atoms with Crippen LogP contribution in [0.3, 0.4) is 0 Å². The smallest absolute Gasteiger partial charge is 0.446 e. The summed E-state index contributed by atoms with van der Waals surface area (Å²) in [5, 5.41) is 0. The van der Waals surface area contributed by atoms with E-state index in [-0.39, 0.29) is 16.7 Å². The molecular weight excluding hydrogens is 225 g/mol. The Balaban J connectivity index is 2.75. The molecule has 0 saturated carbocycles. The monoisotopic (exact) mass is 234 g/mol. The highest BCUT2D eigenvalue weighted by Crippen LogP contribution is 2.40. The third kappa shape index (κ3) is 3.87. The maximum atomic E-state index is 12.0. The van der Waals surface area contributed by atoms with Crippen molar-refractivity contribution in [3.05, 3.63) is 36.4 Å². The molecule has 0 aliphatic heterocycles. The number of alkyl halides is 3. The van der Waals surface area contributed by atoms with Crippen LogP contribution in [0.5, 0.6) is 5.75 Å². The lowest BCUT2D eigenvalue weighted by Crippen LogP contribution is -1.99. The van der Waals surface area contributed by atoms with E-state index in [0.29, 0.717) is 11.3 Å². The zero-order chi connectivity index (χ0) is 11.5. The molecule has 0 fully saturated rings. The molecule has 1 aromatic rings. The van der Waals surface area contributed by atoms with Crippen LogP contribution in [-0.4, -0.2) is 12.6 Å². The van der Waals surface area contributed by atoms with Crippen LogP contribution in [0.4, 0.5) is 13.2 Å². The van der Waals surface area contributed by atoms with Gasteiger partial charge in [-0.25, -0.2) is 0 Å². The summed E-state index contributed by atoms with van der Waals surface area (Å²) in [4.78, 5) is -0.0230. The number of hydrogen-bond donors (Lipinski definition) is 0. The van der Waals surface area contributed by atoms with Gasteiger partial charge in [0, 0.05) is 4.91 Å². The fourth-order valence-corrected chi connectivity index (χ4v) is 1.51. The Morgan fingerprint density at radius 2 is 1.80 bits per heavy atom. The molecule has 15 heavy (non-hydrogen) atoms. The molecule has 0 aliphatic carbocycles. The van der Waals surface area contributed by atoms with Crippen LogP contribution in [0.1, 0.15) is 5.56 Å². The van der Waals surface area contributed by atoms with Gasteiger partial charge in [-0.3, -0.25) is 0 Å². The lowest BCUT2D eigenvalue weighted by atomic mass is 10.2. The van der Waals surface area contributed by atoms with Crippen molar-refractivity contribution in [3.8, 4) is 5.75 Å². The number of halogens is 3. The van der Waals surface area contributed by atoms with Gasteiger partial charge >= 0.3 is 5.51 Å². The van der Waals surface area contributed by atoms with Gasteiger partial charge < -0.3 is 4.74 Å². The molecule has 0 aliphatic rings. The Bertz CT molecular complexity index is 343. The summed E-state index contributed by atoms with van der Waals surface area (Å²) < 4.78 is 40.9. The van der Waals surface area contributed by atoms with E-state index in [4.69, 9.17) is 4.74 Å². The highest BCUT2D eigenvalue weighted by molar-refractivity contribution is 8.09. The third-order valence-electron chi connectivity index (χ3n) is 1.65. The van der Waals surface area contributed by atoms with Gasteiger partial charge in [0.15, 0.2) is 0 Å². The van der Waals surface area contributed by atoms with Crippen molar-refractivity contribution in [1.29, 1.82) is 0 Å². The second-order valence-corrected chi connectivity index (χ2v) is 3.86. The molecule has 0 bridgehead atoms. The minimum absolute atomic E-state index is 0.0230. The summed E-state index contributed by atoms with van der Waals surface area (Å²) in [7, 11) is 1.49. The molecule has 5 heteroatoms. The van der Waals surface area contributed by atoms with E-state index in [2.05, 4.69) is 6.58 Å². The lowest BCUT2D eigenvalue weighted by Gasteiger charge is -2.08. The Hall–Kier alpha value is -1.10. The largest absolute Gasteiger partial charge is 0.497 e. The Morgan fingerprint density at radius 3 is 2.20 bits per heavy atom. The summed E-state index contributed by atoms with van der Waals surface area (Å²) in [6, 6.07) is 6.27. The van der Waals surface area contributed by atoms with Crippen molar-refractivity contribution in [3.63, 3.8) is 0 Å². The molecule has 1 aromatic carbocycles. The van der Waals surface area contributed by atoms with E-state index in [1.807, 2.05) is 0 Å². The predicted octanol–water partition coefficient (Wildman–Crippen LogP) is 3.92. The van der Waals surface area contributed by atoms with Crippen LogP contribution in [0, 0.1) is 0 Å². The zero-order valence-corrected chi connectivity index (χ0v) is 8.78. The molecular formula is C10H9F3OS. The summed E-state index contributed by atoms with van der Waals surface area (Å²) in [6.45, 7) is 3.37. The molecule has 0 aromatic heterocycles. The molecule has 82 valence electrons. The first kappa shape index (κ1) is 12.0. The van der Waals surface area contributed by atoms with Crippen molar-refractivity contribution in [2.45, 2.75) is 5.51 Å². The summed E-state index contributed by atoms with van der Waals surface area (Å²) in [5.41, 5.74) is -3.85. The van der Waals surface area contributed by atoms with Gasteiger partial charge in [-0.05, 0) is 29.5 Å². The highest BCUT2D eigenvalue weighted by atomic mass is 32.2. The van der Waals surface area contributed by atoms with Gasteiger partial charge in [0.25, 0.3) is 0 Å². The average Bonchev–Trinajstić information content (AvgIpc) is 2.15. The second kappa shape index (κ2) is 4.61. The van der Waals surface area contributed by atoms with E-state index in [1.54, 1.807) is 24.3 Å². The van der Waals surface area contributed by atoms with Crippen LogP contribution in [0.15, 0.2) is 30.8 Å². The van der Waals surface area contributed by atoms with Crippen LogP contribution < -0.4 is 4.74 Å². The molecule has 0 amide bonds. The minimum atomic E-state index is -4.29. The standard InChI is InChI=1S/C10H9F3OS/c1-7(15-10(11,12)13)8-3-5-9(14-2)6-4-8/h3-6H,1H2,2H3. The first-order valence-electron chi connectivity index (χ1n) is 4.01. The number of benzene rings is 1. The van der Waals surface area contributed by atoms with Crippen molar-refractivity contribution in [2.75, 3.05) is 7.11 Å². The second-order valence-electron chi connectivity index (χ2n) is 2.70. The van der Waals surface area contributed by atoms with E-state index in [0.717, 1.165) is 0 Å². The van der Waals surface area contributed by atoms with Crippen LogP contribution >= 0.6 is 11.8 Å². The van der Waals surface area contributed by atoms with Crippen molar-refractivity contribution < 1.29 is 17.9 Å². The molecule has 0 radical (unpaired) electrons. The van der Waals surface area contributed by atoms with E-state index < -0.39 is 5.51 Å². The fraction of sp³-hybridized carbons (Fsp3) is 0.200. The highest BCUT2D eigenvalue weighted by Gasteiger charge is 2.30. The van der Waals surface area contributed by atoms with Gasteiger partial charge in [0.1, 0.15) is 5.75 Å². The Morgan fingerprint density at radius 1 is 1.27 bits per heavy atom. The van der Waals surface area contributed by atoms with Gasteiger partial charge in [0.05, 0.1) is 7.11 Å². The van der Waals surface area contributed by atoms with Crippen LogP contribution in [0.2, 0.25) is 0 Å². The minimum Gasteiger partial charge on any atom is -0.497 e. The molecule has 0 N–H and O–H groups in total. The molecule has 0 heterocycles. The number of thioether (sulfide) groups is 1. The SMILES string of the molecule is C=C(SC(F)(F)F)c1ccc(OC)cc1. The first-order valence-corrected chi connectivity index (χ1v) is 4.83. The Kier molecular flexibility index (Phi) is 3.68. The topological polar surface area (TPSA) is 9.23 Å². The molecule has 0 saturated heterocycles. The first-order chi connectivity index (χ1) is 6.92. The molecule has 1 rings (SSSR count). The van der Waals surface area contributed by atoms with Gasteiger partial charge in [-0.15, -0.1) is 0 Å². The van der Waals surface area contributed by atoms with Crippen molar-refractivity contribution >= 4 is 16.7 Å². The molecule has 0 unspecified atom stereocenters. The van der Waals surface area contributed by atoms with Gasteiger partial charge in [0.2, 0.25) is 0 Å². The maximum Gasteiger partial charge on any atom is 0.446 e. The summed E-state index contributed by atoms with van der Waals surface area (Å²) >= 11 is -0.212. The van der Waals surface area contributed by atoms with E-state index >= 15 is 0 Å². The van der Waals surface area contributed by atoms with Crippen molar-refractivity contribution in [2.24, 2.45) is 0 Å². The number of hydrogen-bond acceptors (Lipinski definition) is 2. The average molecular weight is 234 g/mol. The molecule has 1 nitrogen and oxygen atoms in total. The number of rotatable bonds is 3. The number of ether oxygens (including phenoxy) is 1. The predicted molar refractivity (Wildman–Crippen MR) is 55.7 cm³/mol. The van der Waals surface area contributed by atoms with E-state index in [1.165, 1.54) is 7.11 Å². The summed E-state index contributed by atoms with van der Waals surface area (Å²) in [5.74, 6) is 0.601. The fourth-order valence-electron chi connectivity index (χ4n) is 0.976.